The van der Waals surface area contributed by atoms with E-state index in [0.29, 0.717) is 12.1 Å². The molecule has 1 saturated carbocycles. The molecule has 0 amide bonds. The summed E-state index contributed by atoms with van der Waals surface area (Å²) in [6.07, 6.45) is 4.31. The molecule has 0 radical (unpaired) electrons. The molecule has 2 fully saturated rings. The van der Waals surface area contributed by atoms with Crippen molar-refractivity contribution < 1.29 is 22.5 Å². The molecule has 1 aromatic heterocycles. The van der Waals surface area contributed by atoms with Crippen molar-refractivity contribution in [3.63, 3.8) is 0 Å². The van der Waals surface area contributed by atoms with E-state index < -0.39 is 22.0 Å². The van der Waals surface area contributed by atoms with Crippen molar-refractivity contribution in [1.82, 2.24) is 9.46 Å². The van der Waals surface area contributed by atoms with Crippen LogP contribution in [0.3, 0.4) is 0 Å². The normalized spacial score (nSPS) is 28.6. The lowest BCUT2D eigenvalue weighted by Crippen LogP contribution is -2.46. The van der Waals surface area contributed by atoms with Crippen molar-refractivity contribution in [2.45, 2.75) is 62.9 Å². The Labute approximate surface area is 136 Å². The van der Waals surface area contributed by atoms with Gasteiger partial charge in [-0.2, -0.15) is 4.31 Å². The Balaban J connectivity index is 2.07. The van der Waals surface area contributed by atoms with Gasteiger partial charge in [0.25, 0.3) is 0 Å². The van der Waals surface area contributed by atoms with Gasteiger partial charge in [0, 0.05) is 6.04 Å². The third-order valence-electron chi connectivity index (χ3n) is 5.01. The van der Waals surface area contributed by atoms with Crippen LogP contribution in [0, 0.1) is 19.8 Å². The molecule has 7 nitrogen and oxygen atoms in total. The third-order valence-corrected chi connectivity index (χ3v) is 7.18. The van der Waals surface area contributed by atoms with Crippen LogP contribution in [0.5, 0.6) is 0 Å². The summed E-state index contributed by atoms with van der Waals surface area (Å²) in [5.74, 6) is -0.0248. The van der Waals surface area contributed by atoms with Crippen molar-refractivity contribution in [1.29, 1.82) is 0 Å². The summed E-state index contributed by atoms with van der Waals surface area (Å²) in [6.45, 7) is 3.18. The van der Waals surface area contributed by atoms with Gasteiger partial charge in [-0.3, -0.25) is 4.79 Å². The number of rotatable bonds is 3. The number of carbonyl (C=O) groups is 1. The molecule has 0 aromatic carbocycles. The van der Waals surface area contributed by atoms with Gasteiger partial charge in [0.2, 0.25) is 10.0 Å². The molecule has 1 aliphatic heterocycles. The van der Waals surface area contributed by atoms with Crippen molar-refractivity contribution in [2.24, 2.45) is 5.92 Å². The minimum atomic E-state index is -3.86. The molecule has 3 atom stereocenters. The van der Waals surface area contributed by atoms with Crippen LogP contribution in [-0.4, -0.2) is 43.0 Å². The van der Waals surface area contributed by atoms with E-state index in [0.717, 1.165) is 25.7 Å². The number of aromatic nitrogens is 1. The second kappa shape index (κ2) is 5.90. The second-order valence-corrected chi connectivity index (χ2v) is 8.15. The number of hydrogen-bond acceptors (Lipinski definition) is 6. The summed E-state index contributed by atoms with van der Waals surface area (Å²) >= 11 is 0. The Bertz CT molecular complexity index is 692. The van der Waals surface area contributed by atoms with Crippen LogP contribution in [0.1, 0.15) is 43.6 Å². The zero-order valence-corrected chi connectivity index (χ0v) is 14.4. The molecule has 3 rings (SSSR count). The topological polar surface area (TPSA) is 89.7 Å². The lowest BCUT2D eigenvalue weighted by Gasteiger charge is -2.32. The molecule has 8 heteroatoms. The number of ether oxygens (including phenoxy) is 1. The Kier molecular flexibility index (Phi) is 4.22. The molecule has 0 unspecified atom stereocenters. The Morgan fingerprint density at radius 1 is 1.30 bits per heavy atom. The highest BCUT2D eigenvalue weighted by Crippen LogP contribution is 2.43. The lowest BCUT2D eigenvalue weighted by atomic mass is 9.85. The van der Waals surface area contributed by atoms with Gasteiger partial charge in [-0.1, -0.05) is 18.0 Å². The highest BCUT2D eigenvalue weighted by atomic mass is 32.2. The molecule has 2 heterocycles. The SMILES string of the molecule is COC(=O)[C@@H]1C[C@H]2CCCC[C@@H]2N1S(=O)(=O)c1c(C)noc1C. The van der Waals surface area contributed by atoms with Gasteiger partial charge in [0.1, 0.15) is 16.6 Å². The highest BCUT2D eigenvalue weighted by Gasteiger charge is 2.52. The first kappa shape index (κ1) is 16.4. The summed E-state index contributed by atoms with van der Waals surface area (Å²) in [6, 6.07) is -0.904. The van der Waals surface area contributed by atoms with Gasteiger partial charge in [-0.05, 0) is 39.0 Å². The number of hydrogen-bond donors (Lipinski definition) is 0. The third kappa shape index (κ3) is 2.57. The van der Waals surface area contributed by atoms with Crippen LogP contribution in [0.25, 0.3) is 0 Å². The van der Waals surface area contributed by atoms with Crippen LogP contribution in [0.2, 0.25) is 0 Å². The van der Waals surface area contributed by atoms with E-state index in [4.69, 9.17) is 9.26 Å². The molecular formula is C15H22N2O5S. The molecule has 1 saturated heterocycles. The maximum atomic E-state index is 13.2. The quantitative estimate of drug-likeness (QED) is 0.778. The molecule has 0 bridgehead atoms. The molecular weight excluding hydrogens is 320 g/mol. The summed E-state index contributed by atoms with van der Waals surface area (Å²) in [4.78, 5) is 12.3. The van der Waals surface area contributed by atoms with E-state index in [-0.39, 0.29) is 22.6 Å². The largest absolute Gasteiger partial charge is 0.468 e. The number of esters is 1. The maximum Gasteiger partial charge on any atom is 0.324 e. The first-order valence-electron chi connectivity index (χ1n) is 7.92. The van der Waals surface area contributed by atoms with E-state index in [1.165, 1.54) is 11.4 Å². The first-order valence-corrected chi connectivity index (χ1v) is 9.36. The predicted molar refractivity (Wildman–Crippen MR) is 81.2 cm³/mol. The summed E-state index contributed by atoms with van der Waals surface area (Å²) in [5, 5.41) is 3.75. The maximum absolute atomic E-state index is 13.2. The monoisotopic (exact) mass is 342 g/mol. The fourth-order valence-corrected chi connectivity index (χ4v) is 6.21. The molecule has 0 N–H and O–H groups in total. The minimum absolute atomic E-state index is 0.0811. The van der Waals surface area contributed by atoms with Crippen LogP contribution in [0.15, 0.2) is 9.42 Å². The Hall–Kier alpha value is -1.41. The van der Waals surface area contributed by atoms with Gasteiger partial charge < -0.3 is 9.26 Å². The Morgan fingerprint density at radius 3 is 2.61 bits per heavy atom. The highest BCUT2D eigenvalue weighted by molar-refractivity contribution is 7.89. The van der Waals surface area contributed by atoms with E-state index in [1.54, 1.807) is 13.8 Å². The minimum Gasteiger partial charge on any atom is -0.468 e. The molecule has 0 spiro atoms. The molecule has 128 valence electrons. The number of methoxy groups -OCH3 is 1. The smallest absolute Gasteiger partial charge is 0.324 e. The number of sulfonamides is 1. The predicted octanol–water partition coefficient (Wildman–Crippen LogP) is 1.79. The molecule has 1 aliphatic carbocycles. The summed E-state index contributed by atoms with van der Waals surface area (Å²) < 4.78 is 37.7. The van der Waals surface area contributed by atoms with Crippen LogP contribution in [0.4, 0.5) is 0 Å². The molecule has 23 heavy (non-hydrogen) atoms. The van der Waals surface area contributed by atoms with E-state index in [9.17, 15) is 13.2 Å². The van der Waals surface area contributed by atoms with Crippen molar-refractivity contribution >= 4 is 16.0 Å². The second-order valence-electron chi connectivity index (χ2n) is 6.37. The van der Waals surface area contributed by atoms with Gasteiger partial charge in [-0.15, -0.1) is 0 Å². The first-order chi connectivity index (χ1) is 10.9. The molecule has 2 aliphatic rings. The standard InChI is InChI=1S/C15H22N2O5S/c1-9-14(10(2)22-16-9)23(19,20)17-12-7-5-4-6-11(12)8-13(17)15(18)21-3/h11-13H,4-8H2,1-3H3/t11-,12+,13+/m1/s1. The lowest BCUT2D eigenvalue weighted by molar-refractivity contribution is -0.144. The van der Waals surface area contributed by atoms with Crippen molar-refractivity contribution in [2.75, 3.05) is 7.11 Å². The fraction of sp³-hybridized carbons (Fsp3) is 0.733. The summed E-state index contributed by atoms with van der Waals surface area (Å²) in [7, 11) is -2.56. The van der Waals surface area contributed by atoms with Crippen LogP contribution >= 0.6 is 0 Å². The van der Waals surface area contributed by atoms with Gasteiger partial charge >= 0.3 is 5.97 Å². The zero-order chi connectivity index (χ0) is 16.8. The van der Waals surface area contributed by atoms with Crippen molar-refractivity contribution in [3.05, 3.63) is 11.5 Å². The fourth-order valence-electron chi connectivity index (χ4n) is 4.05. The number of nitrogens with zero attached hydrogens (tertiary/aromatic N) is 2. The van der Waals surface area contributed by atoms with Crippen LogP contribution < -0.4 is 0 Å². The number of carbonyl (C=O) groups excluding carboxylic acids is 1. The average molecular weight is 342 g/mol. The average Bonchev–Trinajstić information content (AvgIpc) is 3.07. The van der Waals surface area contributed by atoms with Crippen molar-refractivity contribution in [3.8, 4) is 0 Å². The summed E-state index contributed by atoms with van der Waals surface area (Å²) in [5.41, 5.74) is 0.324. The Morgan fingerprint density at radius 2 is 2.00 bits per heavy atom. The molecule has 1 aromatic rings. The van der Waals surface area contributed by atoms with Gasteiger partial charge in [0.15, 0.2) is 5.76 Å². The number of fused-ring (bicyclic) bond motifs is 1. The number of aryl methyl sites for hydroxylation is 2. The van der Waals surface area contributed by atoms with Gasteiger partial charge in [0.05, 0.1) is 7.11 Å². The van der Waals surface area contributed by atoms with E-state index in [1.807, 2.05) is 0 Å². The van der Waals surface area contributed by atoms with Gasteiger partial charge in [-0.25, -0.2) is 8.42 Å². The van der Waals surface area contributed by atoms with E-state index >= 15 is 0 Å². The zero-order valence-electron chi connectivity index (χ0n) is 13.6. The van der Waals surface area contributed by atoms with E-state index in [2.05, 4.69) is 5.16 Å². The van der Waals surface area contributed by atoms with Crippen LogP contribution in [-0.2, 0) is 19.6 Å².